The van der Waals surface area contributed by atoms with Gasteiger partial charge in [0.2, 0.25) is 5.96 Å². The number of hydrogen-bond donors (Lipinski definition) is 2. The van der Waals surface area contributed by atoms with E-state index in [-0.39, 0.29) is 0 Å². The summed E-state index contributed by atoms with van der Waals surface area (Å²) < 4.78 is 0. The standard InChI is InChI=1S/C16H19N5/c1-20-11-12-21(15-10-6-5-9-14(15)20)16(19-17)18-13-7-3-2-4-8-13/h2-10H,11-12,17H2,1H3,(H,18,19). The average molecular weight is 281 g/mol. The van der Waals surface area contributed by atoms with Crippen LogP contribution in [-0.4, -0.2) is 26.1 Å². The molecule has 3 rings (SSSR count). The molecule has 1 aliphatic heterocycles. The van der Waals surface area contributed by atoms with Crippen molar-refractivity contribution in [3.05, 3.63) is 54.6 Å². The predicted octanol–water partition coefficient (Wildman–Crippen LogP) is 2.09. The Balaban J connectivity index is 1.99. The highest BCUT2D eigenvalue weighted by Gasteiger charge is 2.23. The minimum Gasteiger partial charge on any atom is -0.371 e. The Hall–Kier alpha value is -2.53. The molecule has 0 saturated heterocycles. The molecule has 0 fully saturated rings. The van der Waals surface area contributed by atoms with Crippen LogP contribution in [0.3, 0.4) is 0 Å². The van der Waals surface area contributed by atoms with E-state index >= 15 is 0 Å². The normalized spacial score (nSPS) is 14.9. The van der Waals surface area contributed by atoms with E-state index in [0.29, 0.717) is 5.96 Å². The number of hydrazine groups is 1. The second-order valence-electron chi connectivity index (χ2n) is 4.98. The van der Waals surface area contributed by atoms with Gasteiger partial charge < -0.3 is 9.80 Å². The molecule has 0 bridgehead atoms. The smallest absolute Gasteiger partial charge is 0.218 e. The Kier molecular flexibility index (Phi) is 3.75. The number of fused-ring (bicyclic) bond motifs is 1. The number of guanidine groups is 1. The average Bonchev–Trinajstić information content (AvgIpc) is 2.55. The molecular formula is C16H19N5. The molecule has 108 valence electrons. The number of benzene rings is 2. The summed E-state index contributed by atoms with van der Waals surface area (Å²) in [5.74, 6) is 6.36. The van der Waals surface area contributed by atoms with Crippen molar-refractivity contribution in [2.24, 2.45) is 10.8 Å². The van der Waals surface area contributed by atoms with Gasteiger partial charge in [0.25, 0.3) is 0 Å². The molecule has 0 unspecified atom stereocenters. The summed E-state index contributed by atoms with van der Waals surface area (Å²) in [4.78, 5) is 8.96. The highest BCUT2D eigenvalue weighted by molar-refractivity contribution is 6.00. The molecule has 0 amide bonds. The molecule has 21 heavy (non-hydrogen) atoms. The van der Waals surface area contributed by atoms with Crippen LogP contribution in [0, 0.1) is 0 Å². The molecule has 0 radical (unpaired) electrons. The van der Waals surface area contributed by atoms with Crippen LogP contribution in [0.5, 0.6) is 0 Å². The van der Waals surface area contributed by atoms with Crippen LogP contribution in [0.4, 0.5) is 17.1 Å². The zero-order valence-corrected chi connectivity index (χ0v) is 12.0. The Morgan fingerprint density at radius 1 is 1.00 bits per heavy atom. The van der Waals surface area contributed by atoms with Gasteiger partial charge in [-0.25, -0.2) is 10.8 Å². The topological polar surface area (TPSA) is 56.9 Å². The lowest BCUT2D eigenvalue weighted by molar-refractivity contribution is 0.812. The third kappa shape index (κ3) is 2.68. The monoisotopic (exact) mass is 281 g/mol. The lowest BCUT2D eigenvalue weighted by atomic mass is 10.2. The zero-order chi connectivity index (χ0) is 14.7. The molecule has 5 heteroatoms. The van der Waals surface area contributed by atoms with Crippen LogP contribution in [0.25, 0.3) is 0 Å². The van der Waals surface area contributed by atoms with Crippen LogP contribution in [-0.2, 0) is 0 Å². The number of rotatable bonds is 1. The number of nitrogens with one attached hydrogen (secondary N) is 1. The first-order valence-electron chi connectivity index (χ1n) is 6.97. The van der Waals surface area contributed by atoms with Crippen LogP contribution < -0.4 is 21.1 Å². The third-order valence-electron chi connectivity index (χ3n) is 3.62. The fourth-order valence-corrected chi connectivity index (χ4v) is 2.52. The van der Waals surface area contributed by atoms with Gasteiger partial charge in [-0.3, -0.25) is 5.43 Å². The number of hydrogen-bond acceptors (Lipinski definition) is 3. The maximum atomic E-state index is 5.71. The van der Waals surface area contributed by atoms with Crippen molar-refractivity contribution in [3.63, 3.8) is 0 Å². The van der Waals surface area contributed by atoms with Crippen molar-refractivity contribution in [3.8, 4) is 0 Å². The fraction of sp³-hybridized carbons (Fsp3) is 0.188. The van der Waals surface area contributed by atoms with Gasteiger partial charge in [0.15, 0.2) is 0 Å². The summed E-state index contributed by atoms with van der Waals surface area (Å²) in [5, 5.41) is 0. The molecule has 2 aromatic rings. The van der Waals surface area contributed by atoms with E-state index in [1.54, 1.807) is 0 Å². The largest absolute Gasteiger partial charge is 0.371 e. The lowest BCUT2D eigenvalue weighted by Crippen LogP contribution is -2.50. The van der Waals surface area contributed by atoms with Crippen LogP contribution in [0.15, 0.2) is 59.6 Å². The minimum atomic E-state index is 0.654. The second kappa shape index (κ2) is 5.85. The summed E-state index contributed by atoms with van der Waals surface area (Å²) in [6.07, 6.45) is 0. The molecular weight excluding hydrogens is 262 g/mol. The van der Waals surface area contributed by atoms with E-state index in [0.717, 1.165) is 24.5 Å². The van der Waals surface area contributed by atoms with Crippen molar-refractivity contribution in [2.45, 2.75) is 0 Å². The summed E-state index contributed by atoms with van der Waals surface area (Å²) in [7, 11) is 2.10. The summed E-state index contributed by atoms with van der Waals surface area (Å²) in [5.41, 5.74) is 5.90. The van der Waals surface area contributed by atoms with Gasteiger partial charge in [-0.1, -0.05) is 30.3 Å². The lowest BCUT2D eigenvalue weighted by Gasteiger charge is -2.36. The van der Waals surface area contributed by atoms with Gasteiger partial charge in [0, 0.05) is 20.1 Å². The van der Waals surface area contributed by atoms with E-state index in [2.05, 4.69) is 39.4 Å². The number of aliphatic imine (C=N–C) groups is 1. The second-order valence-corrected chi connectivity index (χ2v) is 4.98. The molecule has 0 spiro atoms. The van der Waals surface area contributed by atoms with E-state index in [1.807, 2.05) is 42.5 Å². The Labute approximate surface area is 124 Å². The maximum Gasteiger partial charge on any atom is 0.218 e. The Morgan fingerprint density at radius 3 is 2.38 bits per heavy atom. The number of anilines is 2. The molecule has 0 aliphatic carbocycles. The summed E-state index contributed by atoms with van der Waals surface area (Å²) in [6, 6.07) is 18.1. The van der Waals surface area contributed by atoms with Crippen molar-refractivity contribution in [1.82, 2.24) is 5.43 Å². The number of likely N-dealkylation sites (N-methyl/N-ethyl adjacent to an activating group) is 1. The SMILES string of the molecule is CN1CCN(C(=Nc2ccccc2)NN)c2ccccc21. The van der Waals surface area contributed by atoms with Gasteiger partial charge in [-0.05, 0) is 24.3 Å². The fourth-order valence-electron chi connectivity index (χ4n) is 2.52. The maximum absolute atomic E-state index is 5.71. The molecule has 1 heterocycles. The van der Waals surface area contributed by atoms with E-state index in [1.165, 1.54) is 5.69 Å². The molecule has 0 atom stereocenters. The molecule has 0 aromatic heterocycles. The third-order valence-corrected chi connectivity index (χ3v) is 3.62. The van der Waals surface area contributed by atoms with Crippen molar-refractivity contribution in [2.75, 3.05) is 29.9 Å². The van der Waals surface area contributed by atoms with Crippen LogP contribution >= 0.6 is 0 Å². The van der Waals surface area contributed by atoms with Gasteiger partial charge >= 0.3 is 0 Å². The molecule has 1 aliphatic rings. The number of nitrogens with two attached hydrogens (primary N) is 1. The first-order valence-corrected chi connectivity index (χ1v) is 6.97. The van der Waals surface area contributed by atoms with Crippen molar-refractivity contribution < 1.29 is 0 Å². The van der Waals surface area contributed by atoms with Crippen molar-refractivity contribution >= 4 is 23.0 Å². The van der Waals surface area contributed by atoms with E-state index in [9.17, 15) is 0 Å². The molecule has 0 saturated carbocycles. The highest BCUT2D eigenvalue weighted by Crippen LogP contribution is 2.32. The summed E-state index contributed by atoms with van der Waals surface area (Å²) >= 11 is 0. The summed E-state index contributed by atoms with van der Waals surface area (Å²) in [6.45, 7) is 1.76. The molecule has 5 nitrogen and oxygen atoms in total. The highest BCUT2D eigenvalue weighted by atomic mass is 15.4. The van der Waals surface area contributed by atoms with Gasteiger partial charge in [0.05, 0.1) is 17.1 Å². The number of nitrogens with zero attached hydrogens (tertiary/aromatic N) is 3. The zero-order valence-electron chi connectivity index (χ0n) is 12.0. The Morgan fingerprint density at radius 2 is 1.67 bits per heavy atom. The van der Waals surface area contributed by atoms with Gasteiger partial charge in [-0.2, -0.15) is 0 Å². The Bertz CT molecular complexity index is 638. The number of para-hydroxylation sites is 3. The first kappa shape index (κ1) is 13.5. The molecule has 3 N–H and O–H groups in total. The van der Waals surface area contributed by atoms with E-state index in [4.69, 9.17) is 5.84 Å². The predicted molar refractivity (Wildman–Crippen MR) is 87.9 cm³/mol. The molecule has 2 aromatic carbocycles. The van der Waals surface area contributed by atoms with E-state index < -0.39 is 0 Å². The van der Waals surface area contributed by atoms with Crippen LogP contribution in [0.2, 0.25) is 0 Å². The first-order chi connectivity index (χ1) is 10.3. The minimum absolute atomic E-state index is 0.654. The van der Waals surface area contributed by atoms with Crippen LogP contribution in [0.1, 0.15) is 0 Å². The quantitative estimate of drug-likeness (QED) is 0.364. The van der Waals surface area contributed by atoms with Gasteiger partial charge in [-0.15, -0.1) is 0 Å². The van der Waals surface area contributed by atoms with Gasteiger partial charge in [0.1, 0.15) is 0 Å². The van der Waals surface area contributed by atoms with Crippen molar-refractivity contribution in [1.29, 1.82) is 0 Å².